The predicted octanol–water partition coefficient (Wildman–Crippen LogP) is 1.33. The Morgan fingerprint density at radius 3 is 3.06 bits per heavy atom. The number of aromatic nitrogens is 1. The summed E-state index contributed by atoms with van der Waals surface area (Å²) in [4.78, 5) is 11.6. The Morgan fingerprint density at radius 1 is 1.65 bits per heavy atom. The van der Waals surface area contributed by atoms with Gasteiger partial charge in [-0.2, -0.15) is 4.73 Å². The SMILES string of the molecule is CC(NC(=O)CSc1cccc[n+]1[O-])C1CC1. The molecule has 17 heavy (non-hydrogen) atoms. The lowest BCUT2D eigenvalue weighted by Gasteiger charge is -2.12. The largest absolute Gasteiger partial charge is 0.618 e. The highest BCUT2D eigenvalue weighted by Crippen LogP contribution is 2.32. The van der Waals surface area contributed by atoms with Crippen molar-refractivity contribution in [3.8, 4) is 0 Å². The molecule has 5 heteroatoms. The van der Waals surface area contributed by atoms with E-state index in [0.717, 1.165) is 4.73 Å². The van der Waals surface area contributed by atoms with Crippen molar-refractivity contribution in [1.29, 1.82) is 0 Å². The second-order valence-corrected chi connectivity index (χ2v) is 5.34. The van der Waals surface area contributed by atoms with Gasteiger partial charge in [-0.15, -0.1) is 0 Å². The van der Waals surface area contributed by atoms with Crippen LogP contribution in [0.1, 0.15) is 19.8 Å². The minimum Gasteiger partial charge on any atom is -0.618 e. The minimum absolute atomic E-state index is 0.00162. The molecule has 1 unspecified atom stereocenters. The minimum atomic E-state index is -0.00162. The van der Waals surface area contributed by atoms with Crippen molar-refractivity contribution in [1.82, 2.24) is 5.32 Å². The van der Waals surface area contributed by atoms with Gasteiger partial charge >= 0.3 is 0 Å². The smallest absolute Gasteiger partial charge is 0.251 e. The summed E-state index contributed by atoms with van der Waals surface area (Å²) in [6.07, 6.45) is 3.87. The van der Waals surface area contributed by atoms with Crippen molar-refractivity contribution < 1.29 is 9.52 Å². The van der Waals surface area contributed by atoms with Crippen molar-refractivity contribution in [2.75, 3.05) is 5.75 Å². The second-order valence-electron chi connectivity index (χ2n) is 4.35. The molecule has 2 rings (SSSR count). The molecule has 0 aliphatic heterocycles. The van der Waals surface area contributed by atoms with Gasteiger partial charge in [0, 0.05) is 18.2 Å². The molecule has 1 aliphatic carbocycles. The number of carbonyl (C=O) groups is 1. The van der Waals surface area contributed by atoms with Crippen molar-refractivity contribution in [2.24, 2.45) is 5.92 Å². The van der Waals surface area contributed by atoms with Crippen LogP contribution in [0.25, 0.3) is 0 Å². The Kier molecular flexibility index (Phi) is 3.89. The Balaban J connectivity index is 1.77. The van der Waals surface area contributed by atoms with Crippen LogP contribution in [0, 0.1) is 11.1 Å². The lowest BCUT2D eigenvalue weighted by Crippen LogP contribution is -2.36. The average Bonchev–Trinajstić information content (AvgIpc) is 3.11. The summed E-state index contributed by atoms with van der Waals surface area (Å²) >= 11 is 1.27. The summed E-state index contributed by atoms with van der Waals surface area (Å²) in [6, 6.07) is 5.45. The number of amides is 1. The van der Waals surface area contributed by atoms with Crippen LogP contribution in [0.3, 0.4) is 0 Å². The quantitative estimate of drug-likeness (QED) is 0.488. The van der Waals surface area contributed by atoms with E-state index in [0.29, 0.717) is 16.7 Å². The van der Waals surface area contributed by atoms with E-state index >= 15 is 0 Å². The molecular formula is C12H16N2O2S. The monoisotopic (exact) mass is 252 g/mol. The van der Waals surface area contributed by atoms with Gasteiger partial charge in [0.15, 0.2) is 6.20 Å². The van der Waals surface area contributed by atoms with Crippen molar-refractivity contribution in [3.05, 3.63) is 29.6 Å². The summed E-state index contributed by atoms with van der Waals surface area (Å²) in [7, 11) is 0. The summed E-state index contributed by atoms with van der Waals surface area (Å²) in [5, 5.41) is 14.9. The summed E-state index contributed by atoms with van der Waals surface area (Å²) in [5.74, 6) is 0.951. The molecule has 1 N–H and O–H groups in total. The molecular weight excluding hydrogens is 236 g/mol. The molecule has 4 nitrogen and oxygen atoms in total. The van der Waals surface area contributed by atoms with Gasteiger partial charge in [-0.3, -0.25) is 4.79 Å². The number of pyridine rings is 1. The highest BCUT2D eigenvalue weighted by Gasteiger charge is 2.28. The zero-order chi connectivity index (χ0) is 12.3. The lowest BCUT2D eigenvalue weighted by molar-refractivity contribution is -0.645. The Bertz CT molecular complexity index is 407. The molecule has 1 fully saturated rings. The maximum atomic E-state index is 11.6. The number of hydrogen-bond acceptors (Lipinski definition) is 3. The van der Waals surface area contributed by atoms with Crippen molar-refractivity contribution in [2.45, 2.75) is 30.8 Å². The Morgan fingerprint density at radius 2 is 2.41 bits per heavy atom. The molecule has 0 saturated heterocycles. The molecule has 1 aliphatic rings. The van der Waals surface area contributed by atoms with Crippen LogP contribution < -0.4 is 10.0 Å². The fourth-order valence-electron chi connectivity index (χ4n) is 1.67. The Hall–Kier alpha value is -1.23. The number of carbonyl (C=O) groups excluding carboxylic acids is 1. The lowest BCUT2D eigenvalue weighted by atomic mass is 10.2. The van der Waals surface area contributed by atoms with Gasteiger partial charge in [-0.25, -0.2) is 0 Å². The van der Waals surface area contributed by atoms with E-state index in [1.54, 1.807) is 18.2 Å². The van der Waals surface area contributed by atoms with E-state index in [4.69, 9.17) is 0 Å². The highest BCUT2D eigenvalue weighted by molar-refractivity contribution is 7.99. The van der Waals surface area contributed by atoms with E-state index in [1.807, 2.05) is 6.92 Å². The topological polar surface area (TPSA) is 56.0 Å². The third-order valence-corrected chi connectivity index (χ3v) is 3.88. The van der Waals surface area contributed by atoms with Gasteiger partial charge in [0.1, 0.15) is 0 Å². The highest BCUT2D eigenvalue weighted by atomic mass is 32.2. The molecule has 1 amide bonds. The third-order valence-electron chi connectivity index (χ3n) is 2.86. The van der Waals surface area contributed by atoms with Crippen LogP contribution in [0.2, 0.25) is 0 Å². The zero-order valence-electron chi connectivity index (χ0n) is 9.76. The number of thioether (sulfide) groups is 1. The summed E-state index contributed by atoms with van der Waals surface area (Å²) in [5.41, 5.74) is 0. The van der Waals surface area contributed by atoms with Gasteiger partial charge in [0.2, 0.25) is 5.91 Å². The summed E-state index contributed by atoms with van der Waals surface area (Å²) in [6.45, 7) is 2.04. The number of nitrogens with one attached hydrogen (secondary N) is 1. The van der Waals surface area contributed by atoms with E-state index in [2.05, 4.69) is 5.32 Å². The second kappa shape index (κ2) is 5.40. The first-order chi connectivity index (χ1) is 8.16. The van der Waals surface area contributed by atoms with Crippen LogP contribution in [0.4, 0.5) is 0 Å². The molecule has 1 atom stereocenters. The maximum Gasteiger partial charge on any atom is 0.251 e. The molecule has 0 aromatic carbocycles. The molecule has 1 aromatic heterocycles. The molecule has 0 bridgehead atoms. The van der Waals surface area contributed by atoms with Gasteiger partial charge in [-0.05, 0) is 43.5 Å². The van der Waals surface area contributed by atoms with Crippen LogP contribution >= 0.6 is 11.8 Å². The molecule has 1 heterocycles. The third kappa shape index (κ3) is 3.63. The molecule has 0 radical (unpaired) electrons. The first-order valence-corrected chi connectivity index (χ1v) is 6.75. The Labute approximate surface area is 105 Å². The number of rotatable bonds is 5. The van der Waals surface area contributed by atoms with Crippen molar-refractivity contribution >= 4 is 17.7 Å². The van der Waals surface area contributed by atoms with Crippen LogP contribution in [0.5, 0.6) is 0 Å². The summed E-state index contributed by atoms with van der Waals surface area (Å²) < 4.78 is 0.780. The predicted molar refractivity (Wildman–Crippen MR) is 66.5 cm³/mol. The van der Waals surface area contributed by atoms with E-state index in [9.17, 15) is 10.0 Å². The van der Waals surface area contributed by atoms with Gasteiger partial charge in [0.05, 0.1) is 5.75 Å². The zero-order valence-corrected chi connectivity index (χ0v) is 10.6. The van der Waals surface area contributed by atoms with Gasteiger partial charge in [0.25, 0.3) is 5.03 Å². The van der Waals surface area contributed by atoms with Crippen LogP contribution in [0.15, 0.2) is 29.4 Å². The standard InChI is InChI=1S/C12H16N2O2S/c1-9(10-5-6-10)13-11(15)8-17-12-4-2-3-7-14(12)16/h2-4,7,9-10H,5-6,8H2,1H3,(H,13,15). The number of nitrogens with zero attached hydrogens (tertiary/aromatic N) is 1. The van der Waals surface area contributed by atoms with E-state index in [1.165, 1.54) is 30.8 Å². The van der Waals surface area contributed by atoms with Crippen LogP contribution in [-0.4, -0.2) is 17.7 Å². The molecule has 0 spiro atoms. The fraction of sp³-hybridized carbons (Fsp3) is 0.500. The first-order valence-electron chi connectivity index (χ1n) is 5.77. The van der Waals surface area contributed by atoms with Crippen LogP contribution in [-0.2, 0) is 4.79 Å². The van der Waals surface area contributed by atoms with Crippen molar-refractivity contribution in [3.63, 3.8) is 0 Å². The molecule has 1 saturated carbocycles. The van der Waals surface area contributed by atoms with E-state index in [-0.39, 0.29) is 11.9 Å². The normalized spacial score (nSPS) is 16.5. The van der Waals surface area contributed by atoms with Gasteiger partial charge < -0.3 is 10.5 Å². The first kappa shape index (κ1) is 12.2. The molecule has 92 valence electrons. The fourth-order valence-corrected chi connectivity index (χ4v) is 2.40. The number of hydrogen-bond donors (Lipinski definition) is 1. The average molecular weight is 252 g/mol. The maximum absolute atomic E-state index is 11.6. The van der Waals surface area contributed by atoms with Gasteiger partial charge in [-0.1, -0.05) is 0 Å². The molecule has 1 aromatic rings. The van der Waals surface area contributed by atoms with E-state index < -0.39 is 0 Å².